The van der Waals surface area contributed by atoms with Crippen molar-refractivity contribution in [3.8, 4) is 0 Å². The van der Waals surface area contributed by atoms with Crippen molar-refractivity contribution in [2.75, 3.05) is 26.2 Å². The Morgan fingerprint density at radius 3 is 2.79 bits per heavy atom. The minimum atomic E-state index is -0.573. The van der Waals surface area contributed by atoms with Gasteiger partial charge in [-0.15, -0.1) is 0 Å². The fourth-order valence-corrected chi connectivity index (χ4v) is 1.21. The summed E-state index contributed by atoms with van der Waals surface area (Å²) in [5.41, 5.74) is 4.90. The molecule has 1 aliphatic rings. The minimum Gasteiger partial charge on any atom is -0.457 e. The maximum absolute atomic E-state index is 11.6. The molecule has 0 aliphatic carbocycles. The van der Waals surface area contributed by atoms with E-state index in [2.05, 4.69) is 10.6 Å². The van der Waals surface area contributed by atoms with Crippen LogP contribution in [0.15, 0.2) is 0 Å². The lowest BCUT2D eigenvalue weighted by molar-refractivity contribution is -0.158. The van der Waals surface area contributed by atoms with Gasteiger partial charge in [0, 0.05) is 26.2 Å². The molecular weight excluding hydrogens is 182 g/mol. The average Bonchev–Trinajstić information content (AvgIpc) is 2.19. The number of ether oxygens (including phenoxy) is 1. The maximum atomic E-state index is 11.6. The van der Waals surface area contributed by atoms with E-state index in [0.29, 0.717) is 13.1 Å². The maximum Gasteiger partial charge on any atom is 0.325 e. The van der Waals surface area contributed by atoms with Crippen molar-refractivity contribution in [1.29, 1.82) is 0 Å². The molecule has 0 radical (unpaired) electrons. The lowest BCUT2D eigenvalue weighted by Gasteiger charge is -2.28. The fourth-order valence-electron chi connectivity index (χ4n) is 1.21. The molecule has 5 nitrogen and oxygen atoms in total. The molecule has 14 heavy (non-hydrogen) atoms. The van der Waals surface area contributed by atoms with E-state index in [0.717, 1.165) is 13.1 Å². The second-order valence-electron chi connectivity index (χ2n) is 4.10. The molecule has 1 saturated heterocycles. The van der Waals surface area contributed by atoms with Gasteiger partial charge in [0.15, 0.2) is 0 Å². The molecule has 0 aromatic rings. The number of esters is 1. The van der Waals surface area contributed by atoms with Gasteiger partial charge in [0.2, 0.25) is 0 Å². The predicted octanol–water partition coefficient (Wildman–Crippen LogP) is -1.17. The smallest absolute Gasteiger partial charge is 0.325 e. The van der Waals surface area contributed by atoms with Gasteiger partial charge in [-0.25, -0.2) is 0 Å². The highest BCUT2D eigenvalue weighted by Crippen LogP contribution is 2.08. The zero-order valence-electron chi connectivity index (χ0n) is 8.80. The zero-order valence-corrected chi connectivity index (χ0v) is 8.80. The number of hydrogen-bond donors (Lipinski definition) is 3. The number of hydrogen-bond acceptors (Lipinski definition) is 5. The van der Waals surface area contributed by atoms with Crippen LogP contribution in [0.25, 0.3) is 0 Å². The van der Waals surface area contributed by atoms with Gasteiger partial charge in [0.25, 0.3) is 0 Å². The van der Waals surface area contributed by atoms with Crippen LogP contribution in [-0.2, 0) is 9.53 Å². The van der Waals surface area contributed by atoms with E-state index in [9.17, 15) is 4.79 Å². The molecule has 1 heterocycles. The summed E-state index contributed by atoms with van der Waals surface area (Å²) in [6, 6.07) is -0.241. The highest BCUT2D eigenvalue weighted by Gasteiger charge is 2.27. The number of nitrogens with two attached hydrogens (primary N) is 1. The molecule has 4 N–H and O–H groups in total. The number of piperazine rings is 1. The Labute approximate surface area is 84.4 Å². The second kappa shape index (κ2) is 4.72. The Kier molecular flexibility index (Phi) is 3.86. The summed E-state index contributed by atoms with van der Waals surface area (Å²) < 4.78 is 5.26. The van der Waals surface area contributed by atoms with Gasteiger partial charge in [-0.2, -0.15) is 0 Å². The van der Waals surface area contributed by atoms with Gasteiger partial charge in [0.1, 0.15) is 11.6 Å². The summed E-state index contributed by atoms with van der Waals surface area (Å²) in [6.07, 6.45) is 0. The van der Waals surface area contributed by atoms with Gasteiger partial charge in [-0.1, -0.05) is 0 Å². The molecule has 0 aromatic heterocycles. The van der Waals surface area contributed by atoms with Crippen LogP contribution in [0.1, 0.15) is 13.8 Å². The first-order chi connectivity index (χ1) is 6.55. The fraction of sp³-hybridized carbons (Fsp3) is 0.889. The van der Waals surface area contributed by atoms with Crippen LogP contribution in [0, 0.1) is 0 Å². The van der Waals surface area contributed by atoms with Crippen molar-refractivity contribution in [3.63, 3.8) is 0 Å². The molecule has 1 unspecified atom stereocenters. The van der Waals surface area contributed by atoms with E-state index < -0.39 is 5.60 Å². The molecule has 5 heteroatoms. The van der Waals surface area contributed by atoms with E-state index in [1.54, 1.807) is 13.8 Å². The van der Waals surface area contributed by atoms with Crippen molar-refractivity contribution < 1.29 is 9.53 Å². The Hall–Kier alpha value is -0.650. The first-order valence-electron chi connectivity index (χ1n) is 4.92. The van der Waals surface area contributed by atoms with Crippen LogP contribution < -0.4 is 16.4 Å². The average molecular weight is 201 g/mol. The van der Waals surface area contributed by atoms with E-state index in [1.165, 1.54) is 0 Å². The highest BCUT2D eigenvalue weighted by atomic mass is 16.6. The summed E-state index contributed by atoms with van der Waals surface area (Å²) in [5, 5.41) is 6.21. The van der Waals surface area contributed by atoms with Crippen molar-refractivity contribution in [3.05, 3.63) is 0 Å². The Morgan fingerprint density at radius 2 is 2.29 bits per heavy atom. The summed E-state index contributed by atoms with van der Waals surface area (Å²) in [6.45, 7) is 6.26. The standard InChI is InChI=1S/C9H19N3O2/c1-9(2,6-10)14-8(13)7-5-11-3-4-12-7/h7,11-12H,3-6,10H2,1-2H3. The van der Waals surface area contributed by atoms with Crippen LogP contribution in [-0.4, -0.2) is 43.8 Å². The van der Waals surface area contributed by atoms with Crippen molar-refractivity contribution in [2.45, 2.75) is 25.5 Å². The molecule has 0 saturated carbocycles. The van der Waals surface area contributed by atoms with Crippen LogP contribution in [0.3, 0.4) is 0 Å². The Morgan fingerprint density at radius 1 is 1.57 bits per heavy atom. The van der Waals surface area contributed by atoms with Gasteiger partial charge < -0.3 is 21.1 Å². The zero-order chi connectivity index (χ0) is 10.6. The molecule has 1 rings (SSSR count). The summed E-state index contributed by atoms with van der Waals surface area (Å²) in [5.74, 6) is -0.229. The predicted molar refractivity (Wildman–Crippen MR) is 53.9 cm³/mol. The van der Waals surface area contributed by atoms with Crippen LogP contribution in [0.5, 0.6) is 0 Å². The van der Waals surface area contributed by atoms with Crippen LogP contribution >= 0.6 is 0 Å². The molecule has 0 spiro atoms. The molecular formula is C9H19N3O2. The molecule has 1 fully saturated rings. The SMILES string of the molecule is CC(C)(CN)OC(=O)C1CNCCN1. The lowest BCUT2D eigenvalue weighted by Crippen LogP contribution is -2.54. The molecule has 0 bridgehead atoms. The third-order valence-electron chi connectivity index (χ3n) is 2.19. The quantitative estimate of drug-likeness (QED) is 0.502. The third-order valence-corrected chi connectivity index (χ3v) is 2.19. The van der Waals surface area contributed by atoms with E-state index >= 15 is 0 Å². The number of nitrogens with one attached hydrogen (secondary N) is 2. The van der Waals surface area contributed by atoms with Crippen molar-refractivity contribution >= 4 is 5.97 Å². The Bertz CT molecular complexity index is 200. The topological polar surface area (TPSA) is 76.4 Å². The monoisotopic (exact) mass is 201 g/mol. The first-order valence-corrected chi connectivity index (χ1v) is 4.92. The van der Waals surface area contributed by atoms with E-state index in [1.807, 2.05) is 0 Å². The van der Waals surface area contributed by atoms with E-state index in [4.69, 9.17) is 10.5 Å². The molecule has 0 amide bonds. The highest BCUT2D eigenvalue weighted by molar-refractivity contribution is 5.76. The summed E-state index contributed by atoms with van der Waals surface area (Å²) in [4.78, 5) is 11.6. The number of carbonyl (C=O) groups excluding carboxylic acids is 1. The largest absolute Gasteiger partial charge is 0.457 e. The van der Waals surface area contributed by atoms with Gasteiger partial charge >= 0.3 is 5.97 Å². The lowest BCUT2D eigenvalue weighted by atomic mass is 10.1. The molecule has 82 valence electrons. The van der Waals surface area contributed by atoms with Crippen LogP contribution in [0.4, 0.5) is 0 Å². The molecule has 1 atom stereocenters. The molecule has 1 aliphatic heterocycles. The first kappa shape index (κ1) is 11.4. The van der Waals surface area contributed by atoms with Gasteiger partial charge in [0.05, 0.1) is 0 Å². The van der Waals surface area contributed by atoms with Gasteiger partial charge in [-0.05, 0) is 13.8 Å². The van der Waals surface area contributed by atoms with Crippen molar-refractivity contribution in [2.24, 2.45) is 5.73 Å². The van der Waals surface area contributed by atoms with E-state index in [-0.39, 0.29) is 12.0 Å². The van der Waals surface area contributed by atoms with Crippen LogP contribution in [0.2, 0.25) is 0 Å². The Balaban J connectivity index is 2.40. The number of rotatable bonds is 3. The summed E-state index contributed by atoms with van der Waals surface area (Å²) >= 11 is 0. The molecule has 0 aromatic carbocycles. The van der Waals surface area contributed by atoms with Crippen molar-refractivity contribution in [1.82, 2.24) is 10.6 Å². The third kappa shape index (κ3) is 3.25. The second-order valence-corrected chi connectivity index (χ2v) is 4.10. The normalized spacial score (nSPS) is 23.2. The summed E-state index contributed by atoms with van der Waals surface area (Å²) in [7, 11) is 0. The number of carbonyl (C=O) groups is 1. The van der Waals surface area contributed by atoms with Gasteiger partial charge in [-0.3, -0.25) is 4.79 Å². The minimum absolute atomic E-state index is 0.229.